The fraction of sp³-hybridized carbons (Fsp3) is 0.0833. The van der Waals surface area contributed by atoms with Crippen LogP contribution in [0.2, 0.25) is 0 Å². The van der Waals surface area contributed by atoms with Crippen molar-refractivity contribution in [3.63, 3.8) is 0 Å². The Bertz CT molecular complexity index is 587. The summed E-state index contributed by atoms with van der Waals surface area (Å²) in [5.74, 6) is 4.77. The first kappa shape index (κ1) is 12.9. The monoisotopic (exact) mass is 261 g/mol. The van der Waals surface area contributed by atoms with Gasteiger partial charge in [0.1, 0.15) is 11.5 Å². The van der Waals surface area contributed by atoms with E-state index in [1.807, 2.05) is 0 Å². The van der Waals surface area contributed by atoms with Crippen molar-refractivity contribution in [3.05, 3.63) is 48.2 Å². The third-order valence-electron chi connectivity index (χ3n) is 2.52. The summed E-state index contributed by atoms with van der Waals surface area (Å²) in [6, 6.07) is 5.57. The van der Waals surface area contributed by atoms with Crippen LogP contribution in [0.3, 0.4) is 0 Å². The number of carbonyl (C=O) groups excluding carboxylic acids is 1. The maximum atomic E-state index is 12.8. The molecular formula is C12H12FN5O. The van der Waals surface area contributed by atoms with Gasteiger partial charge in [0, 0.05) is 12.7 Å². The molecule has 0 bridgehead atoms. The van der Waals surface area contributed by atoms with E-state index in [1.165, 1.54) is 41.6 Å². The number of nitrogens with zero attached hydrogens (tertiary/aromatic N) is 3. The largest absolute Gasteiger partial charge is 0.310 e. The molecule has 7 heteroatoms. The van der Waals surface area contributed by atoms with Crippen molar-refractivity contribution in [3.8, 4) is 0 Å². The number of nitrogens with one attached hydrogen (secondary N) is 1. The van der Waals surface area contributed by atoms with Gasteiger partial charge >= 0.3 is 0 Å². The number of anilines is 2. The Hall–Kier alpha value is -2.54. The molecule has 0 saturated carbocycles. The number of aromatic nitrogens is 2. The van der Waals surface area contributed by atoms with Gasteiger partial charge in [-0.2, -0.15) is 0 Å². The highest BCUT2D eigenvalue weighted by Crippen LogP contribution is 2.15. The molecule has 1 heterocycles. The molecule has 0 spiro atoms. The molecule has 0 unspecified atom stereocenters. The Balaban J connectivity index is 2.25. The molecule has 2 aromatic rings. The highest BCUT2D eigenvalue weighted by Gasteiger charge is 2.15. The van der Waals surface area contributed by atoms with Crippen LogP contribution < -0.4 is 16.2 Å². The maximum absolute atomic E-state index is 12.8. The zero-order valence-electron chi connectivity index (χ0n) is 10.2. The van der Waals surface area contributed by atoms with Crippen LogP contribution in [0.25, 0.3) is 0 Å². The number of benzene rings is 1. The molecule has 0 aliphatic rings. The highest BCUT2D eigenvalue weighted by atomic mass is 19.1. The lowest BCUT2D eigenvalue weighted by molar-refractivity contribution is 0.0988. The second-order valence-electron chi connectivity index (χ2n) is 3.77. The Morgan fingerprint density at radius 2 is 2.00 bits per heavy atom. The third-order valence-corrected chi connectivity index (χ3v) is 2.52. The summed E-state index contributed by atoms with van der Waals surface area (Å²) in [5.41, 5.74) is 3.01. The van der Waals surface area contributed by atoms with Gasteiger partial charge < -0.3 is 10.3 Å². The molecular weight excluding hydrogens is 249 g/mol. The van der Waals surface area contributed by atoms with Crippen LogP contribution >= 0.6 is 0 Å². The molecule has 3 N–H and O–H groups in total. The van der Waals surface area contributed by atoms with Gasteiger partial charge in [-0.25, -0.2) is 15.2 Å². The maximum Gasteiger partial charge on any atom is 0.278 e. The molecule has 6 nitrogen and oxygen atoms in total. The molecule has 0 saturated heterocycles. The Kier molecular flexibility index (Phi) is 3.67. The molecule has 19 heavy (non-hydrogen) atoms. The number of hydrogen-bond donors (Lipinski definition) is 2. The van der Waals surface area contributed by atoms with Gasteiger partial charge in [0.15, 0.2) is 5.82 Å². The van der Waals surface area contributed by atoms with Crippen LogP contribution in [-0.2, 0) is 0 Å². The summed E-state index contributed by atoms with van der Waals surface area (Å²) in [6.45, 7) is 0. The molecule has 0 radical (unpaired) electrons. The van der Waals surface area contributed by atoms with Crippen molar-refractivity contribution >= 4 is 17.4 Å². The Morgan fingerprint density at radius 3 is 2.63 bits per heavy atom. The van der Waals surface area contributed by atoms with Gasteiger partial charge in [0.25, 0.3) is 5.91 Å². The molecule has 1 aromatic heterocycles. The molecule has 98 valence electrons. The van der Waals surface area contributed by atoms with Gasteiger partial charge in [-0.1, -0.05) is 0 Å². The minimum absolute atomic E-state index is 0.141. The van der Waals surface area contributed by atoms with Gasteiger partial charge in [0.2, 0.25) is 0 Å². The van der Waals surface area contributed by atoms with Crippen LogP contribution in [0, 0.1) is 5.82 Å². The van der Waals surface area contributed by atoms with Crippen LogP contribution in [0.15, 0.2) is 36.7 Å². The van der Waals surface area contributed by atoms with Gasteiger partial charge in [-0.3, -0.25) is 9.78 Å². The molecule has 1 amide bonds. The van der Waals surface area contributed by atoms with Crippen LogP contribution in [-0.4, -0.2) is 22.9 Å². The van der Waals surface area contributed by atoms with Crippen molar-refractivity contribution in [2.75, 3.05) is 17.4 Å². The number of carbonyl (C=O) groups is 1. The first-order chi connectivity index (χ1) is 9.11. The molecule has 0 aliphatic heterocycles. The van der Waals surface area contributed by atoms with Crippen molar-refractivity contribution in [1.82, 2.24) is 9.97 Å². The smallest absolute Gasteiger partial charge is 0.278 e. The van der Waals surface area contributed by atoms with E-state index < -0.39 is 0 Å². The Morgan fingerprint density at radius 1 is 1.32 bits per heavy atom. The predicted octanol–water partition coefficient (Wildman–Crippen LogP) is 1.18. The summed E-state index contributed by atoms with van der Waals surface area (Å²) in [7, 11) is 1.57. The normalized spacial score (nSPS) is 10.1. The second kappa shape index (κ2) is 5.40. The lowest BCUT2D eigenvalue weighted by Crippen LogP contribution is -2.27. The van der Waals surface area contributed by atoms with Crippen molar-refractivity contribution in [2.24, 2.45) is 5.84 Å². The third kappa shape index (κ3) is 2.83. The molecule has 0 atom stereocenters. The number of halogens is 1. The zero-order valence-corrected chi connectivity index (χ0v) is 10.2. The summed E-state index contributed by atoms with van der Waals surface area (Å²) in [6.07, 6.45) is 2.73. The topological polar surface area (TPSA) is 84.1 Å². The van der Waals surface area contributed by atoms with E-state index in [0.717, 1.165) is 0 Å². The number of amides is 1. The summed E-state index contributed by atoms with van der Waals surface area (Å²) in [4.78, 5) is 21.4. The molecule has 2 rings (SSSR count). The Labute approximate surface area is 109 Å². The van der Waals surface area contributed by atoms with Crippen molar-refractivity contribution in [2.45, 2.75) is 0 Å². The number of nitrogens with two attached hydrogens (primary N) is 1. The van der Waals surface area contributed by atoms with E-state index in [4.69, 9.17) is 5.84 Å². The minimum atomic E-state index is -0.365. The number of rotatable bonds is 3. The van der Waals surface area contributed by atoms with E-state index in [0.29, 0.717) is 11.5 Å². The first-order valence-corrected chi connectivity index (χ1v) is 5.44. The van der Waals surface area contributed by atoms with Crippen molar-refractivity contribution < 1.29 is 9.18 Å². The number of hydrazine groups is 1. The standard InChI is InChI=1S/C12H12FN5O/c1-18(9-4-2-8(13)3-5-9)12(19)10-6-15-7-11(16-10)17-14/h2-7H,14H2,1H3,(H,16,17). The predicted molar refractivity (Wildman–Crippen MR) is 69.0 cm³/mol. The fourth-order valence-corrected chi connectivity index (χ4v) is 1.49. The summed E-state index contributed by atoms with van der Waals surface area (Å²) < 4.78 is 12.8. The van der Waals surface area contributed by atoms with E-state index in [2.05, 4.69) is 15.4 Å². The summed E-state index contributed by atoms with van der Waals surface area (Å²) >= 11 is 0. The number of nitrogen functional groups attached to an aromatic ring is 1. The van der Waals surface area contributed by atoms with Gasteiger partial charge in [-0.15, -0.1) is 0 Å². The van der Waals surface area contributed by atoms with E-state index >= 15 is 0 Å². The average molecular weight is 261 g/mol. The SMILES string of the molecule is CN(C(=O)c1cncc(NN)n1)c1ccc(F)cc1. The zero-order chi connectivity index (χ0) is 13.8. The molecule has 0 fully saturated rings. The molecule has 0 aliphatic carbocycles. The quantitative estimate of drug-likeness (QED) is 0.640. The summed E-state index contributed by atoms with van der Waals surface area (Å²) in [5, 5.41) is 0. The fourth-order valence-electron chi connectivity index (χ4n) is 1.49. The van der Waals surface area contributed by atoms with Crippen LogP contribution in [0.4, 0.5) is 15.9 Å². The number of hydrogen-bond acceptors (Lipinski definition) is 5. The average Bonchev–Trinajstić information content (AvgIpc) is 2.46. The van der Waals surface area contributed by atoms with E-state index in [1.54, 1.807) is 7.05 Å². The lowest BCUT2D eigenvalue weighted by atomic mass is 10.2. The second-order valence-corrected chi connectivity index (χ2v) is 3.77. The van der Waals surface area contributed by atoms with Crippen molar-refractivity contribution in [1.29, 1.82) is 0 Å². The van der Waals surface area contributed by atoms with Gasteiger partial charge in [0.05, 0.1) is 12.4 Å². The minimum Gasteiger partial charge on any atom is -0.310 e. The van der Waals surface area contributed by atoms with Gasteiger partial charge in [-0.05, 0) is 24.3 Å². The molecule has 1 aromatic carbocycles. The van der Waals surface area contributed by atoms with E-state index in [9.17, 15) is 9.18 Å². The van der Waals surface area contributed by atoms with Crippen LogP contribution in [0.5, 0.6) is 0 Å². The van der Waals surface area contributed by atoms with Crippen LogP contribution in [0.1, 0.15) is 10.5 Å². The highest BCUT2D eigenvalue weighted by molar-refractivity contribution is 6.04. The first-order valence-electron chi connectivity index (χ1n) is 5.44. The lowest BCUT2D eigenvalue weighted by Gasteiger charge is -2.16. The van der Waals surface area contributed by atoms with E-state index in [-0.39, 0.29) is 17.4 Å².